The van der Waals surface area contributed by atoms with Crippen molar-refractivity contribution in [3.63, 3.8) is 0 Å². The zero-order valence-corrected chi connectivity index (χ0v) is 10.6. The molecular formula is C11H12ClNO3S. The lowest BCUT2D eigenvalue weighted by molar-refractivity contribution is -0.142. The lowest BCUT2D eigenvalue weighted by Gasteiger charge is -2.16. The Kier molecular flexibility index (Phi) is 3.69. The van der Waals surface area contributed by atoms with Crippen molar-refractivity contribution in [3.05, 3.63) is 21.3 Å². The summed E-state index contributed by atoms with van der Waals surface area (Å²) in [6.45, 7) is 0. The summed E-state index contributed by atoms with van der Waals surface area (Å²) in [5.74, 6) is -1.54. The number of rotatable bonds is 3. The van der Waals surface area contributed by atoms with E-state index in [-0.39, 0.29) is 11.9 Å². The van der Waals surface area contributed by atoms with Crippen LogP contribution in [0.2, 0.25) is 4.34 Å². The molecule has 6 heteroatoms. The Morgan fingerprint density at radius 3 is 2.76 bits per heavy atom. The molecule has 1 amide bonds. The summed E-state index contributed by atoms with van der Waals surface area (Å²) < 4.78 is 0.552. The van der Waals surface area contributed by atoms with E-state index in [9.17, 15) is 9.59 Å². The van der Waals surface area contributed by atoms with E-state index in [1.807, 2.05) is 0 Å². The molecule has 0 aromatic carbocycles. The van der Waals surface area contributed by atoms with Gasteiger partial charge in [-0.2, -0.15) is 0 Å². The molecule has 0 saturated heterocycles. The summed E-state index contributed by atoms with van der Waals surface area (Å²) in [6, 6.07) is 3.04. The first-order valence-corrected chi connectivity index (χ1v) is 6.56. The van der Waals surface area contributed by atoms with E-state index in [4.69, 9.17) is 16.7 Å². The van der Waals surface area contributed by atoms with E-state index < -0.39 is 11.9 Å². The number of halogens is 1. The number of nitrogens with one attached hydrogen (secondary N) is 1. The lowest BCUT2D eigenvalue weighted by Crippen LogP contribution is -2.39. The van der Waals surface area contributed by atoms with Crippen molar-refractivity contribution in [1.82, 2.24) is 5.32 Å². The Labute approximate surface area is 108 Å². The molecule has 0 spiro atoms. The van der Waals surface area contributed by atoms with Gasteiger partial charge in [0.1, 0.15) is 0 Å². The second-order valence-electron chi connectivity index (χ2n) is 4.06. The molecule has 92 valence electrons. The van der Waals surface area contributed by atoms with Crippen LogP contribution >= 0.6 is 22.9 Å². The Morgan fingerprint density at radius 2 is 2.18 bits per heavy atom. The molecule has 0 radical (unpaired) electrons. The zero-order valence-electron chi connectivity index (χ0n) is 8.98. The molecule has 1 aliphatic rings. The molecule has 2 unspecified atom stereocenters. The predicted octanol–water partition coefficient (Wildman–Crippen LogP) is 2.38. The van der Waals surface area contributed by atoms with Crippen LogP contribution in [0.4, 0.5) is 0 Å². The number of carbonyl (C=O) groups excluding carboxylic acids is 1. The fourth-order valence-corrected chi connectivity index (χ4v) is 3.05. The van der Waals surface area contributed by atoms with Gasteiger partial charge in [-0.1, -0.05) is 18.0 Å². The monoisotopic (exact) mass is 273 g/mol. The number of thiophene rings is 1. The topological polar surface area (TPSA) is 66.4 Å². The highest BCUT2D eigenvalue weighted by atomic mass is 35.5. The molecule has 1 aliphatic carbocycles. The van der Waals surface area contributed by atoms with Crippen LogP contribution in [-0.4, -0.2) is 23.0 Å². The fraction of sp³-hybridized carbons (Fsp3) is 0.455. The second kappa shape index (κ2) is 5.06. The number of hydrogen-bond acceptors (Lipinski definition) is 3. The van der Waals surface area contributed by atoms with Crippen molar-refractivity contribution in [2.24, 2.45) is 5.92 Å². The van der Waals surface area contributed by atoms with Crippen LogP contribution in [-0.2, 0) is 4.79 Å². The maximum atomic E-state index is 11.8. The molecule has 0 bridgehead atoms. The summed E-state index contributed by atoms with van der Waals surface area (Å²) in [6.07, 6.45) is 2.19. The van der Waals surface area contributed by atoms with Gasteiger partial charge < -0.3 is 10.4 Å². The highest BCUT2D eigenvalue weighted by molar-refractivity contribution is 7.17. The maximum Gasteiger partial charge on any atom is 0.308 e. The third-order valence-electron chi connectivity index (χ3n) is 2.95. The number of aliphatic carboxylic acids is 1. The van der Waals surface area contributed by atoms with Gasteiger partial charge in [0.25, 0.3) is 5.91 Å². The van der Waals surface area contributed by atoms with E-state index in [1.54, 1.807) is 12.1 Å². The van der Waals surface area contributed by atoms with Crippen LogP contribution in [0.15, 0.2) is 12.1 Å². The summed E-state index contributed by atoms with van der Waals surface area (Å²) in [7, 11) is 0. The SMILES string of the molecule is O=C(NC1CCCC1C(=O)O)c1ccc(Cl)s1. The standard InChI is InChI=1S/C11H12ClNO3S/c12-9-5-4-8(17-9)10(14)13-7-3-1-2-6(7)11(15)16/h4-7H,1-3H2,(H,13,14)(H,15,16). The minimum Gasteiger partial charge on any atom is -0.481 e. The van der Waals surface area contributed by atoms with Gasteiger partial charge in [-0.05, 0) is 25.0 Å². The van der Waals surface area contributed by atoms with Crippen molar-refractivity contribution >= 4 is 34.8 Å². The van der Waals surface area contributed by atoms with Crippen LogP contribution in [0, 0.1) is 5.92 Å². The molecule has 1 aromatic rings. The van der Waals surface area contributed by atoms with Crippen molar-refractivity contribution < 1.29 is 14.7 Å². The first-order chi connectivity index (χ1) is 8.08. The normalized spacial score (nSPS) is 23.6. The summed E-state index contributed by atoms with van der Waals surface area (Å²) in [5.41, 5.74) is 0. The largest absolute Gasteiger partial charge is 0.481 e. The third kappa shape index (κ3) is 2.79. The molecule has 1 fully saturated rings. The fourth-order valence-electron chi connectivity index (χ4n) is 2.10. The Bertz CT molecular complexity index is 446. The van der Waals surface area contributed by atoms with E-state index in [2.05, 4.69) is 5.32 Å². The minimum absolute atomic E-state index is 0.236. The molecule has 2 N–H and O–H groups in total. The number of hydrogen-bond donors (Lipinski definition) is 2. The van der Waals surface area contributed by atoms with Gasteiger partial charge in [0.15, 0.2) is 0 Å². The van der Waals surface area contributed by atoms with Crippen molar-refractivity contribution in [2.75, 3.05) is 0 Å². The van der Waals surface area contributed by atoms with Crippen LogP contribution < -0.4 is 5.32 Å². The molecule has 1 heterocycles. The minimum atomic E-state index is -0.836. The molecule has 2 atom stereocenters. The maximum absolute atomic E-state index is 11.8. The number of carboxylic acids is 1. The van der Waals surface area contributed by atoms with E-state index >= 15 is 0 Å². The average molecular weight is 274 g/mol. The molecule has 1 saturated carbocycles. The van der Waals surface area contributed by atoms with E-state index in [1.165, 1.54) is 11.3 Å². The van der Waals surface area contributed by atoms with Gasteiger partial charge in [0.2, 0.25) is 0 Å². The van der Waals surface area contributed by atoms with Crippen molar-refractivity contribution in [2.45, 2.75) is 25.3 Å². The quantitative estimate of drug-likeness (QED) is 0.889. The second-order valence-corrected chi connectivity index (χ2v) is 5.77. The highest BCUT2D eigenvalue weighted by Gasteiger charge is 2.34. The van der Waals surface area contributed by atoms with Crippen LogP contribution in [0.25, 0.3) is 0 Å². The average Bonchev–Trinajstić information content (AvgIpc) is 2.86. The third-order valence-corrected chi connectivity index (χ3v) is 4.18. The molecule has 4 nitrogen and oxygen atoms in total. The van der Waals surface area contributed by atoms with Gasteiger partial charge >= 0.3 is 5.97 Å². The molecule has 0 aliphatic heterocycles. The van der Waals surface area contributed by atoms with E-state index in [0.29, 0.717) is 15.6 Å². The Balaban J connectivity index is 2.01. The first-order valence-electron chi connectivity index (χ1n) is 5.37. The summed E-state index contributed by atoms with van der Waals surface area (Å²) in [5, 5.41) is 11.8. The summed E-state index contributed by atoms with van der Waals surface area (Å²) >= 11 is 6.94. The van der Waals surface area contributed by atoms with Crippen LogP contribution in [0.1, 0.15) is 28.9 Å². The number of carboxylic acid groups (broad SMARTS) is 1. The van der Waals surface area contributed by atoms with Gasteiger partial charge in [-0.15, -0.1) is 11.3 Å². The molecule has 2 rings (SSSR count). The number of amides is 1. The van der Waals surface area contributed by atoms with Gasteiger partial charge in [-0.3, -0.25) is 9.59 Å². The predicted molar refractivity (Wildman–Crippen MR) is 65.6 cm³/mol. The molecule has 1 aromatic heterocycles. The smallest absolute Gasteiger partial charge is 0.308 e. The van der Waals surface area contributed by atoms with Gasteiger partial charge in [0, 0.05) is 6.04 Å². The molecule has 17 heavy (non-hydrogen) atoms. The number of carbonyl (C=O) groups is 2. The Hall–Kier alpha value is -1.07. The summed E-state index contributed by atoms with van der Waals surface area (Å²) in [4.78, 5) is 23.3. The van der Waals surface area contributed by atoms with Crippen molar-refractivity contribution in [1.29, 1.82) is 0 Å². The lowest BCUT2D eigenvalue weighted by atomic mass is 10.0. The van der Waals surface area contributed by atoms with Crippen LogP contribution in [0.5, 0.6) is 0 Å². The highest BCUT2D eigenvalue weighted by Crippen LogP contribution is 2.27. The Morgan fingerprint density at radius 1 is 1.41 bits per heavy atom. The van der Waals surface area contributed by atoms with Crippen LogP contribution in [0.3, 0.4) is 0 Å². The van der Waals surface area contributed by atoms with E-state index in [0.717, 1.165) is 12.8 Å². The van der Waals surface area contributed by atoms with Crippen molar-refractivity contribution in [3.8, 4) is 0 Å². The van der Waals surface area contributed by atoms with Gasteiger partial charge in [0.05, 0.1) is 15.1 Å². The van der Waals surface area contributed by atoms with Gasteiger partial charge in [-0.25, -0.2) is 0 Å². The first kappa shape index (κ1) is 12.4. The molecular weight excluding hydrogens is 262 g/mol. The zero-order chi connectivity index (χ0) is 12.4.